The Bertz CT molecular complexity index is 555. The van der Waals surface area contributed by atoms with Crippen molar-refractivity contribution in [2.24, 2.45) is 0 Å². The molecular weight excluding hydrogens is 270 g/mol. The molecule has 6 heteroatoms. The molecule has 2 N–H and O–H groups in total. The molecule has 0 atom stereocenters. The highest BCUT2D eigenvalue weighted by Crippen LogP contribution is 2.17. The van der Waals surface area contributed by atoms with Gasteiger partial charge >= 0.3 is 5.97 Å². The van der Waals surface area contributed by atoms with Crippen molar-refractivity contribution >= 4 is 5.97 Å². The minimum absolute atomic E-state index is 0.191. The van der Waals surface area contributed by atoms with E-state index in [1.807, 2.05) is 16.9 Å². The fourth-order valence-corrected chi connectivity index (χ4v) is 1.93. The van der Waals surface area contributed by atoms with E-state index in [1.54, 1.807) is 24.4 Å². The Hall–Kier alpha value is -2.34. The van der Waals surface area contributed by atoms with Crippen molar-refractivity contribution in [2.45, 2.75) is 13.0 Å². The van der Waals surface area contributed by atoms with E-state index in [-0.39, 0.29) is 5.56 Å². The van der Waals surface area contributed by atoms with E-state index in [2.05, 4.69) is 10.4 Å². The van der Waals surface area contributed by atoms with Crippen molar-refractivity contribution in [3.8, 4) is 5.75 Å². The Morgan fingerprint density at radius 2 is 2.14 bits per heavy atom. The molecule has 0 spiro atoms. The number of benzene rings is 1. The molecule has 0 saturated carbocycles. The number of rotatable bonds is 9. The maximum Gasteiger partial charge on any atom is 0.339 e. The summed E-state index contributed by atoms with van der Waals surface area (Å²) in [5.74, 6) is -0.568. The largest absolute Gasteiger partial charge is 0.491 e. The first-order valence-corrected chi connectivity index (χ1v) is 6.90. The number of carbonyl (C=O) groups is 1. The fraction of sp³-hybridized carbons (Fsp3) is 0.333. The average molecular weight is 289 g/mol. The lowest BCUT2D eigenvalue weighted by molar-refractivity contribution is 0.0692. The maximum absolute atomic E-state index is 11.0. The molecule has 0 saturated heterocycles. The number of carboxylic acid groups (broad SMARTS) is 1. The van der Waals surface area contributed by atoms with Gasteiger partial charge in [0.15, 0.2) is 0 Å². The van der Waals surface area contributed by atoms with Crippen molar-refractivity contribution < 1.29 is 14.6 Å². The summed E-state index contributed by atoms with van der Waals surface area (Å²) in [5.41, 5.74) is 0.191. The van der Waals surface area contributed by atoms with E-state index in [0.29, 0.717) is 18.9 Å². The first-order chi connectivity index (χ1) is 10.3. The number of aromatic nitrogens is 2. The van der Waals surface area contributed by atoms with Gasteiger partial charge in [0.05, 0.1) is 0 Å². The second-order valence-electron chi connectivity index (χ2n) is 4.52. The van der Waals surface area contributed by atoms with Crippen LogP contribution in [0.5, 0.6) is 5.75 Å². The van der Waals surface area contributed by atoms with Gasteiger partial charge in [0, 0.05) is 25.5 Å². The van der Waals surface area contributed by atoms with E-state index in [0.717, 1.165) is 19.5 Å². The number of aromatic carboxylic acids is 1. The number of nitrogens with one attached hydrogen (secondary N) is 1. The van der Waals surface area contributed by atoms with Crippen molar-refractivity contribution in [3.05, 3.63) is 48.3 Å². The topological polar surface area (TPSA) is 76.4 Å². The summed E-state index contributed by atoms with van der Waals surface area (Å²) >= 11 is 0. The lowest BCUT2D eigenvalue weighted by Crippen LogP contribution is -2.23. The molecule has 0 amide bonds. The van der Waals surface area contributed by atoms with Crippen molar-refractivity contribution in [1.29, 1.82) is 0 Å². The van der Waals surface area contributed by atoms with Crippen molar-refractivity contribution in [3.63, 3.8) is 0 Å². The SMILES string of the molecule is O=C(O)c1ccccc1OCCNCCCn1cccn1. The zero-order valence-electron chi connectivity index (χ0n) is 11.7. The van der Waals surface area contributed by atoms with Crippen LogP contribution in [0.4, 0.5) is 0 Å². The Kier molecular flexibility index (Phi) is 5.78. The third-order valence-corrected chi connectivity index (χ3v) is 2.95. The molecule has 6 nitrogen and oxygen atoms in total. The first kappa shape index (κ1) is 15.1. The van der Waals surface area contributed by atoms with Crippen LogP contribution in [0.25, 0.3) is 0 Å². The molecule has 0 aliphatic carbocycles. The van der Waals surface area contributed by atoms with Crippen LogP contribution in [-0.4, -0.2) is 40.6 Å². The van der Waals surface area contributed by atoms with Gasteiger partial charge in [-0.1, -0.05) is 12.1 Å². The molecule has 0 bridgehead atoms. The minimum atomic E-state index is -0.974. The lowest BCUT2D eigenvalue weighted by atomic mass is 10.2. The molecule has 112 valence electrons. The van der Waals surface area contributed by atoms with Crippen LogP contribution in [0.2, 0.25) is 0 Å². The standard InChI is InChI=1S/C15H19N3O3/c19-15(20)13-5-1-2-6-14(13)21-12-9-16-7-3-10-18-11-4-8-17-18/h1-2,4-6,8,11,16H,3,7,9-10,12H2,(H,19,20). The number of aryl methyl sites for hydroxylation is 1. The van der Waals surface area contributed by atoms with Gasteiger partial charge in [-0.15, -0.1) is 0 Å². The summed E-state index contributed by atoms with van der Waals surface area (Å²) in [5, 5.41) is 16.4. The quantitative estimate of drug-likeness (QED) is 0.686. The molecule has 2 aromatic rings. The monoisotopic (exact) mass is 289 g/mol. The molecule has 2 rings (SSSR count). The number of hydrogen-bond acceptors (Lipinski definition) is 4. The highest BCUT2D eigenvalue weighted by atomic mass is 16.5. The predicted octanol–water partition coefficient (Wildman–Crippen LogP) is 1.64. The van der Waals surface area contributed by atoms with Gasteiger partial charge < -0.3 is 15.2 Å². The number of ether oxygens (including phenoxy) is 1. The van der Waals surface area contributed by atoms with Crippen LogP contribution < -0.4 is 10.1 Å². The van der Waals surface area contributed by atoms with E-state index < -0.39 is 5.97 Å². The molecule has 0 aliphatic rings. The summed E-state index contributed by atoms with van der Waals surface area (Å²) in [4.78, 5) is 11.0. The van der Waals surface area contributed by atoms with Gasteiger partial charge in [0.2, 0.25) is 0 Å². The number of hydrogen-bond donors (Lipinski definition) is 2. The fourth-order valence-electron chi connectivity index (χ4n) is 1.93. The summed E-state index contributed by atoms with van der Waals surface area (Å²) in [7, 11) is 0. The number of para-hydroxylation sites is 1. The average Bonchev–Trinajstić information content (AvgIpc) is 3.00. The Labute approximate surface area is 123 Å². The molecular formula is C15H19N3O3. The molecule has 0 aliphatic heterocycles. The number of carboxylic acids is 1. The molecule has 0 fully saturated rings. The lowest BCUT2D eigenvalue weighted by Gasteiger charge is -2.09. The van der Waals surface area contributed by atoms with Gasteiger partial charge in [0.25, 0.3) is 0 Å². The van der Waals surface area contributed by atoms with E-state index in [1.165, 1.54) is 6.07 Å². The smallest absolute Gasteiger partial charge is 0.339 e. The summed E-state index contributed by atoms with van der Waals surface area (Å²) < 4.78 is 7.38. The zero-order chi connectivity index (χ0) is 14.9. The molecule has 0 unspecified atom stereocenters. The van der Waals surface area contributed by atoms with Crippen LogP contribution >= 0.6 is 0 Å². The number of nitrogens with zero attached hydrogens (tertiary/aromatic N) is 2. The van der Waals surface area contributed by atoms with Gasteiger partial charge in [0.1, 0.15) is 17.9 Å². The summed E-state index contributed by atoms with van der Waals surface area (Å²) in [6, 6.07) is 8.56. The van der Waals surface area contributed by atoms with E-state index in [4.69, 9.17) is 9.84 Å². The van der Waals surface area contributed by atoms with Gasteiger partial charge in [-0.3, -0.25) is 4.68 Å². The Balaban J connectivity index is 1.60. The molecule has 1 aromatic heterocycles. The highest BCUT2D eigenvalue weighted by Gasteiger charge is 2.09. The van der Waals surface area contributed by atoms with Crippen LogP contribution in [0.1, 0.15) is 16.8 Å². The summed E-state index contributed by atoms with van der Waals surface area (Å²) in [6.45, 7) is 2.85. The normalized spacial score (nSPS) is 10.5. The minimum Gasteiger partial charge on any atom is -0.491 e. The van der Waals surface area contributed by atoms with E-state index >= 15 is 0 Å². The third kappa shape index (κ3) is 4.92. The van der Waals surface area contributed by atoms with Crippen LogP contribution in [0, 0.1) is 0 Å². The molecule has 21 heavy (non-hydrogen) atoms. The van der Waals surface area contributed by atoms with Crippen LogP contribution in [0.15, 0.2) is 42.7 Å². The van der Waals surface area contributed by atoms with Crippen molar-refractivity contribution in [2.75, 3.05) is 19.7 Å². The third-order valence-electron chi connectivity index (χ3n) is 2.95. The predicted molar refractivity (Wildman–Crippen MR) is 78.6 cm³/mol. The van der Waals surface area contributed by atoms with Gasteiger partial charge in [-0.25, -0.2) is 4.79 Å². The van der Waals surface area contributed by atoms with Crippen LogP contribution in [-0.2, 0) is 6.54 Å². The maximum atomic E-state index is 11.0. The van der Waals surface area contributed by atoms with Crippen molar-refractivity contribution in [1.82, 2.24) is 15.1 Å². The second kappa shape index (κ2) is 8.06. The van der Waals surface area contributed by atoms with Gasteiger partial charge in [-0.2, -0.15) is 5.10 Å². The Morgan fingerprint density at radius 3 is 2.90 bits per heavy atom. The molecule has 1 heterocycles. The Morgan fingerprint density at radius 1 is 1.29 bits per heavy atom. The second-order valence-corrected chi connectivity index (χ2v) is 4.52. The molecule has 0 radical (unpaired) electrons. The van der Waals surface area contributed by atoms with Gasteiger partial charge in [-0.05, 0) is 31.2 Å². The molecule has 1 aromatic carbocycles. The highest BCUT2D eigenvalue weighted by molar-refractivity contribution is 5.90. The zero-order valence-corrected chi connectivity index (χ0v) is 11.7. The van der Waals surface area contributed by atoms with Crippen LogP contribution in [0.3, 0.4) is 0 Å². The van der Waals surface area contributed by atoms with E-state index in [9.17, 15) is 4.79 Å². The first-order valence-electron chi connectivity index (χ1n) is 6.90. The summed E-state index contributed by atoms with van der Waals surface area (Å²) in [6.07, 6.45) is 4.68.